The van der Waals surface area contributed by atoms with Crippen molar-refractivity contribution in [1.29, 1.82) is 0 Å². The quantitative estimate of drug-likeness (QED) is 0.525. The van der Waals surface area contributed by atoms with E-state index in [9.17, 15) is 14.7 Å². The highest BCUT2D eigenvalue weighted by Gasteiger charge is 2.22. The summed E-state index contributed by atoms with van der Waals surface area (Å²) < 4.78 is 5.86. The summed E-state index contributed by atoms with van der Waals surface area (Å²) in [4.78, 5) is 28.9. The van der Waals surface area contributed by atoms with Gasteiger partial charge in [0.05, 0.1) is 0 Å². The molecule has 0 saturated carbocycles. The Labute approximate surface area is 194 Å². The predicted octanol–water partition coefficient (Wildman–Crippen LogP) is 4.28. The van der Waals surface area contributed by atoms with E-state index in [0.717, 1.165) is 30.1 Å². The fourth-order valence-corrected chi connectivity index (χ4v) is 3.88. The Morgan fingerprint density at radius 1 is 0.788 bits per heavy atom. The van der Waals surface area contributed by atoms with Crippen LogP contribution in [-0.2, 0) is 11.4 Å². The van der Waals surface area contributed by atoms with Gasteiger partial charge in [-0.15, -0.1) is 0 Å². The molecule has 3 aromatic rings. The van der Waals surface area contributed by atoms with Gasteiger partial charge in [0.1, 0.15) is 18.1 Å². The molecule has 1 heterocycles. The number of Topliss-reactive ketones (excluding diaryl/α,β-unsaturated/α-hetero) is 1. The topological polar surface area (TPSA) is 70.1 Å². The average Bonchev–Trinajstić information content (AvgIpc) is 2.87. The number of hydrogen-bond donors (Lipinski definition) is 1. The Kier molecular flexibility index (Phi) is 7.25. The molecule has 1 amide bonds. The van der Waals surface area contributed by atoms with Gasteiger partial charge >= 0.3 is 0 Å². The number of benzene rings is 3. The molecule has 0 bridgehead atoms. The van der Waals surface area contributed by atoms with Gasteiger partial charge in [-0.2, -0.15) is 0 Å². The van der Waals surface area contributed by atoms with E-state index in [4.69, 9.17) is 4.74 Å². The molecule has 6 heteroatoms. The van der Waals surface area contributed by atoms with Crippen LogP contribution in [0.5, 0.6) is 11.5 Å². The third-order valence-corrected chi connectivity index (χ3v) is 5.84. The number of hydrogen-bond acceptors (Lipinski definition) is 5. The highest BCUT2D eigenvalue weighted by atomic mass is 16.5. The van der Waals surface area contributed by atoms with Crippen molar-refractivity contribution < 1.29 is 19.4 Å². The van der Waals surface area contributed by atoms with Gasteiger partial charge in [-0.05, 0) is 54.1 Å². The van der Waals surface area contributed by atoms with Crippen molar-refractivity contribution in [1.82, 2.24) is 4.90 Å². The van der Waals surface area contributed by atoms with E-state index in [2.05, 4.69) is 4.90 Å². The Balaban J connectivity index is 1.21. The van der Waals surface area contributed by atoms with Crippen LogP contribution in [0.15, 0.2) is 78.9 Å². The number of carbonyl (C=O) groups excluding carboxylic acids is 2. The molecule has 4 rings (SSSR count). The number of ketones is 1. The lowest BCUT2D eigenvalue weighted by molar-refractivity contribution is -0.131. The van der Waals surface area contributed by atoms with E-state index in [1.165, 1.54) is 12.1 Å². The van der Waals surface area contributed by atoms with Crippen LogP contribution in [0.2, 0.25) is 0 Å². The van der Waals surface area contributed by atoms with Gasteiger partial charge in [0.2, 0.25) is 5.91 Å². The maximum absolute atomic E-state index is 12.6. The minimum atomic E-state index is -0.0865. The third-order valence-electron chi connectivity index (χ3n) is 5.84. The standard InChI is InChI=1S/C27H28N2O4/c30-24-10-6-22(7-11-24)26(31)14-15-27(32)29-18-16-28(17-19-29)23-8-12-25(13-9-23)33-20-21-4-2-1-3-5-21/h1-13,30H,14-20H2. The SMILES string of the molecule is O=C(CCC(=O)N1CCN(c2ccc(OCc3ccccc3)cc2)CC1)c1ccc(O)cc1. The van der Waals surface area contributed by atoms with Crippen LogP contribution in [0.3, 0.4) is 0 Å². The lowest BCUT2D eigenvalue weighted by atomic mass is 10.1. The van der Waals surface area contributed by atoms with Gasteiger partial charge in [-0.25, -0.2) is 0 Å². The monoisotopic (exact) mass is 444 g/mol. The summed E-state index contributed by atoms with van der Waals surface area (Å²) in [6.07, 6.45) is 0.376. The zero-order valence-electron chi connectivity index (χ0n) is 18.5. The lowest BCUT2D eigenvalue weighted by Crippen LogP contribution is -2.48. The molecule has 0 aromatic heterocycles. The first-order valence-corrected chi connectivity index (χ1v) is 11.2. The van der Waals surface area contributed by atoms with Crippen molar-refractivity contribution in [2.45, 2.75) is 19.4 Å². The Bertz CT molecular complexity index is 1060. The highest BCUT2D eigenvalue weighted by molar-refractivity contribution is 5.98. The summed E-state index contributed by atoms with van der Waals surface area (Å²) >= 11 is 0. The molecule has 6 nitrogen and oxygen atoms in total. The molecule has 0 unspecified atom stereocenters. The first kappa shape index (κ1) is 22.4. The summed E-state index contributed by atoms with van der Waals surface area (Å²) in [5.41, 5.74) is 2.76. The molecule has 33 heavy (non-hydrogen) atoms. The molecular formula is C27H28N2O4. The summed E-state index contributed by atoms with van der Waals surface area (Å²) in [5.74, 6) is 0.868. The molecule has 0 aliphatic carbocycles. The van der Waals surface area contributed by atoms with Crippen LogP contribution in [-0.4, -0.2) is 47.9 Å². The highest BCUT2D eigenvalue weighted by Crippen LogP contribution is 2.22. The minimum Gasteiger partial charge on any atom is -0.508 e. The van der Waals surface area contributed by atoms with Crippen molar-refractivity contribution in [2.75, 3.05) is 31.1 Å². The van der Waals surface area contributed by atoms with E-state index < -0.39 is 0 Å². The zero-order valence-corrected chi connectivity index (χ0v) is 18.5. The molecule has 0 atom stereocenters. The fraction of sp³-hybridized carbons (Fsp3) is 0.259. The van der Waals surface area contributed by atoms with Crippen LogP contribution in [0.1, 0.15) is 28.8 Å². The fourth-order valence-electron chi connectivity index (χ4n) is 3.88. The number of phenolic OH excluding ortho intramolecular Hbond substituents is 1. The average molecular weight is 445 g/mol. The summed E-state index contributed by atoms with van der Waals surface area (Å²) in [5, 5.41) is 9.33. The number of phenols is 1. The minimum absolute atomic E-state index is 0.00596. The van der Waals surface area contributed by atoms with Crippen LogP contribution in [0.25, 0.3) is 0 Å². The van der Waals surface area contributed by atoms with Crippen molar-refractivity contribution in [3.63, 3.8) is 0 Å². The predicted molar refractivity (Wildman–Crippen MR) is 128 cm³/mol. The van der Waals surface area contributed by atoms with Gasteiger partial charge in [-0.3, -0.25) is 9.59 Å². The molecule has 1 aliphatic heterocycles. The number of ether oxygens (including phenoxy) is 1. The lowest BCUT2D eigenvalue weighted by Gasteiger charge is -2.36. The number of nitrogens with zero attached hydrogens (tertiary/aromatic N) is 2. The molecule has 170 valence electrons. The van der Waals surface area contributed by atoms with Gasteiger partial charge < -0.3 is 19.6 Å². The summed E-state index contributed by atoms with van der Waals surface area (Å²) in [7, 11) is 0. The molecule has 1 saturated heterocycles. The van der Waals surface area contributed by atoms with E-state index >= 15 is 0 Å². The van der Waals surface area contributed by atoms with Crippen molar-refractivity contribution >= 4 is 17.4 Å². The molecule has 3 aromatic carbocycles. The molecule has 0 spiro atoms. The van der Waals surface area contributed by atoms with Crippen molar-refractivity contribution in [3.05, 3.63) is 90.0 Å². The normalized spacial score (nSPS) is 13.6. The third kappa shape index (κ3) is 6.13. The second-order valence-electron chi connectivity index (χ2n) is 8.11. The molecule has 0 radical (unpaired) electrons. The molecule has 1 aliphatic rings. The number of aromatic hydroxyl groups is 1. The number of piperazine rings is 1. The van der Waals surface area contributed by atoms with E-state index in [1.54, 1.807) is 12.1 Å². The zero-order chi connectivity index (χ0) is 23.0. The van der Waals surface area contributed by atoms with E-state index in [1.807, 2.05) is 59.5 Å². The second kappa shape index (κ2) is 10.7. The van der Waals surface area contributed by atoms with Crippen molar-refractivity contribution in [2.24, 2.45) is 0 Å². The van der Waals surface area contributed by atoms with Crippen molar-refractivity contribution in [3.8, 4) is 11.5 Å². The maximum atomic E-state index is 12.6. The Morgan fingerprint density at radius 2 is 1.45 bits per heavy atom. The first-order valence-electron chi connectivity index (χ1n) is 11.2. The second-order valence-corrected chi connectivity index (χ2v) is 8.11. The number of rotatable bonds is 8. The molecule has 1 fully saturated rings. The van der Waals surface area contributed by atoms with Crippen LogP contribution in [0, 0.1) is 0 Å². The summed E-state index contributed by atoms with van der Waals surface area (Å²) in [6.45, 7) is 3.32. The summed E-state index contributed by atoms with van der Waals surface area (Å²) in [6, 6.07) is 24.3. The van der Waals surface area contributed by atoms with Gasteiger partial charge in [0, 0.05) is 50.3 Å². The largest absolute Gasteiger partial charge is 0.508 e. The molecule has 1 N–H and O–H groups in total. The van der Waals surface area contributed by atoms with Crippen LogP contribution in [0.4, 0.5) is 5.69 Å². The van der Waals surface area contributed by atoms with Crippen LogP contribution < -0.4 is 9.64 Å². The number of anilines is 1. The van der Waals surface area contributed by atoms with E-state index in [0.29, 0.717) is 25.3 Å². The van der Waals surface area contributed by atoms with Gasteiger partial charge in [0.15, 0.2) is 5.78 Å². The maximum Gasteiger partial charge on any atom is 0.223 e. The molecular weight excluding hydrogens is 416 g/mol. The van der Waals surface area contributed by atoms with Crippen LogP contribution >= 0.6 is 0 Å². The number of amides is 1. The van der Waals surface area contributed by atoms with E-state index in [-0.39, 0.29) is 30.3 Å². The van der Waals surface area contributed by atoms with Gasteiger partial charge in [-0.1, -0.05) is 30.3 Å². The first-order chi connectivity index (χ1) is 16.1. The Morgan fingerprint density at radius 3 is 2.12 bits per heavy atom. The Hall–Kier alpha value is -3.80. The smallest absolute Gasteiger partial charge is 0.223 e. The number of carbonyl (C=O) groups is 2. The van der Waals surface area contributed by atoms with Gasteiger partial charge in [0.25, 0.3) is 0 Å².